The fraction of sp³-hybridized carbons (Fsp3) is 0. The summed E-state index contributed by atoms with van der Waals surface area (Å²) in [5.41, 5.74) is 6.18. The largest absolute Gasteiger partial charge is 0 e. The van der Waals surface area contributed by atoms with Crippen LogP contribution in [0, 0.1) is 66.5 Å². The van der Waals surface area contributed by atoms with Crippen molar-refractivity contribution >= 4 is 5.69 Å². The first-order chi connectivity index (χ1) is 13.4. The molecule has 0 atom stereocenters. The standard InChI is InChI=1S/C6H7N.10CO.3Fe/c7-6-4-2-1-3-5-6;10*1-2;;;/h1-5H,7H2;;;;;;;;;;;;;. The van der Waals surface area contributed by atoms with Crippen molar-refractivity contribution < 1.29 is 97.7 Å². The number of benzene rings is 1. The third kappa shape index (κ3) is 453. The predicted octanol–water partition coefficient (Wildman–Crippen LogP) is 0.886. The van der Waals surface area contributed by atoms with Gasteiger partial charge in [0.05, 0.1) is 0 Å². The fourth-order valence-corrected chi connectivity index (χ4v) is 0.453. The van der Waals surface area contributed by atoms with E-state index < -0.39 is 0 Å². The van der Waals surface area contributed by atoms with Crippen LogP contribution in [0.15, 0.2) is 30.3 Å². The Kier molecular flexibility index (Phi) is 1540. The first-order valence-electron chi connectivity index (χ1n) is 4.24. The Hall–Kier alpha value is -2.02. The molecule has 0 aliphatic heterocycles. The van der Waals surface area contributed by atoms with Gasteiger partial charge in [-0.15, -0.1) is 0 Å². The van der Waals surface area contributed by atoms with Gasteiger partial charge in [-0.3, -0.25) is 0 Å². The maximum atomic E-state index is 7.50. The molecular formula is C16H7Fe3NO10. The summed E-state index contributed by atoms with van der Waals surface area (Å²) in [6.45, 7) is 45.0. The Morgan fingerprint density at radius 3 is 0.567 bits per heavy atom. The second-order valence-corrected chi connectivity index (χ2v) is 1.41. The van der Waals surface area contributed by atoms with Crippen LogP contribution in [0.25, 0.3) is 0 Å². The summed E-state index contributed by atoms with van der Waals surface area (Å²) in [7, 11) is 0. The minimum Gasteiger partial charge on any atom is 0 e. The molecule has 0 radical (unpaired) electrons. The van der Waals surface area contributed by atoms with E-state index in [4.69, 9.17) is 52.3 Å². The van der Waals surface area contributed by atoms with Crippen LogP contribution in [-0.4, -0.2) is 0 Å². The number of nitrogen functional groups attached to an aromatic ring is 1. The molecule has 0 unspecified atom stereocenters. The third-order valence-electron chi connectivity index (χ3n) is 0.800. The molecule has 160 valence electrons. The molecule has 0 amide bonds. The molecule has 1 aromatic rings. The average molecular weight is 541 g/mol. The molecular weight excluding hydrogens is 534 g/mol. The van der Waals surface area contributed by atoms with Gasteiger partial charge in [0.25, 0.3) is 0 Å². The molecule has 0 saturated carbocycles. The number of anilines is 1. The van der Waals surface area contributed by atoms with Crippen LogP contribution >= 0.6 is 0 Å². The van der Waals surface area contributed by atoms with Crippen LogP contribution in [0.5, 0.6) is 0 Å². The molecule has 11 nitrogen and oxygen atoms in total. The molecule has 0 aliphatic carbocycles. The van der Waals surface area contributed by atoms with Crippen LogP contribution in [0.1, 0.15) is 0 Å². The van der Waals surface area contributed by atoms with Gasteiger partial charge in [-0.1, -0.05) is 18.2 Å². The molecule has 0 spiro atoms. The van der Waals surface area contributed by atoms with Gasteiger partial charge in [-0.2, -0.15) is 0 Å². The van der Waals surface area contributed by atoms with Gasteiger partial charge in [0, 0.05) is 56.9 Å². The van der Waals surface area contributed by atoms with E-state index in [0.29, 0.717) is 0 Å². The van der Waals surface area contributed by atoms with Gasteiger partial charge in [0.1, 0.15) is 0 Å². The van der Waals surface area contributed by atoms with E-state index in [2.05, 4.69) is 66.5 Å². The van der Waals surface area contributed by atoms with Crippen LogP contribution < -0.4 is 5.73 Å². The number of nitrogens with two attached hydrogens (primary N) is 1. The minimum atomic E-state index is 0. The second-order valence-electron chi connectivity index (χ2n) is 1.41. The van der Waals surface area contributed by atoms with Gasteiger partial charge in [0.2, 0.25) is 0 Å². The molecule has 0 aromatic heterocycles. The molecule has 14 heteroatoms. The van der Waals surface area contributed by atoms with E-state index in [1.54, 1.807) is 0 Å². The number of hydrogen-bond donors (Lipinski definition) is 1. The Morgan fingerprint density at radius 1 is 0.367 bits per heavy atom. The Balaban J connectivity index is -0.0000000102. The number of hydrogen-bond acceptors (Lipinski definition) is 1. The zero-order valence-corrected chi connectivity index (χ0v) is 17.4. The van der Waals surface area contributed by atoms with Gasteiger partial charge in [-0.05, 0) is 12.1 Å². The van der Waals surface area contributed by atoms with Crippen LogP contribution in [-0.2, 0) is 97.7 Å². The molecule has 0 saturated heterocycles. The summed E-state index contributed by atoms with van der Waals surface area (Å²) in [5, 5.41) is 0. The van der Waals surface area contributed by atoms with Gasteiger partial charge in [-0.25, -0.2) is 0 Å². The van der Waals surface area contributed by atoms with E-state index in [1.807, 2.05) is 30.3 Å². The topological polar surface area (TPSA) is 225 Å². The van der Waals surface area contributed by atoms with E-state index in [1.165, 1.54) is 0 Å². The Morgan fingerprint density at radius 2 is 0.500 bits per heavy atom. The molecule has 1 rings (SSSR count). The summed E-state index contributed by atoms with van der Waals surface area (Å²) in [6.07, 6.45) is 0. The van der Waals surface area contributed by atoms with E-state index in [0.717, 1.165) is 5.69 Å². The van der Waals surface area contributed by atoms with Crippen LogP contribution in [0.2, 0.25) is 0 Å². The average Bonchev–Trinajstić information content (AvgIpc) is 2.87. The normalized spacial score (nSPS) is 2.67. The Bertz CT molecular complexity index is 416. The fourth-order valence-electron chi connectivity index (χ4n) is 0.453. The zero-order valence-electron chi connectivity index (χ0n) is 14.1. The van der Waals surface area contributed by atoms with Crippen molar-refractivity contribution in [3.63, 3.8) is 0 Å². The first-order valence-corrected chi connectivity index (χ1v) is 4.24. The molecule has 0 aliphatic rings. The summed E-state index contributed by atoms with van der Waals surface area (Å²) in [6, 6.07) is 9.49. The summed E-state index contributed by atoms with van der Waals surface area (Å²) >= 11 is 0. The van der Waals surface area contributed by atoms with Crippen molar-refractivity contribution in [1.29, 1.82) is 0 Å². The van der Waals surface area contributed by atoms with E-state index in [-0.39, 0.29) is 51.2 Å². The van der Waals surface area contributed by atoms with Gasteiger partial charge >= 0.3 is 113 Å². The molecule has 0 fully saturated rings. The SMILES string of the molecule is Nc1ccccc1.[C-]#[O+].[C-]#[O+].[C-]#[O+].[C-]#[O+].[C-]#[O+].[C-]#[O+].[C-]#[O+].[C-]#[O+].[C-]#[O+].[C-]#[O+].[Fe].[Fe].[Fe]. The van der Waals surface area contributed by atoms with E-state index >= 15 is 0 Å². The number of rotatable bonds is 0. The molecule has 1 aromatic carbocycles. The van der Waals surface area contributed by atoms with Gasteiger partial charge in [0.15, 0.2) is 0 Å². The summed E-state index contributed by atoms with van der Waals surface area (Å²) in [5.74, 6) is 0. The third-order valence-corrected chi connectivity index (χ3v) is 0.800. The van der Waals surface area contributed by atoms with Crippen LogP contribution in [0.3, 0.4) is 0 Å². The minimum absolute atomic E-state index is 0. The molecule has 0 bridgehead atoms. The van der Waals surface area contributed by atoms with Crippen molar-refractivity contribution in [2.24, 2.45) is 0 Å². The van der Waals surface area contributed by atoms with Crippen molar-refractivity contribution in [3.05, 3.63) is 96.8 Å². The number of para-hydroxylation sites is 1. The van der Waals surface area contributed by atoms with Crippen molar-refractivity contribution in [2.45, 2.75) is 0 Å². The molecule has 0 heterocycles. The molecule has 30 heavy (non-hydrogen) atoms. The summed E-state index contributed by atoms with van der Waals surface area (Å²) in [4.78, 5) is 0. The van der Waals surface area contributed by atoms with E-state index in [9.17, 15) is 0 Å². The second kappa shape index (κ2) is 509. The predicted molar refractivity (Wildman–Crippen MR) is 70.1 cm³/mol. The van der Waals surface area contributed by atoms with Crippen molar-refractivity contribution in [2.75, 3.05) is 5.73 Å². The quantitative estimate of drug-likeness (QED) is 0.215. The van der Waals surface area contributed by atoms with Crippen molar-refractivity contribution in [1.82, 2.24) is 0 Å². The van der Waals surface area contributed by atoms with Gasteiger partial charge < -0.3 is 5.73 Å². The zero-order chi connectivity index (χ0) is 25.1. The maximum absolute atomic E-state index is 7.50. The van der Waals surface area contributed by atoms with Crippen LogP contribution in [0.4, 0.5) is 5.69 Å². The summed E-state index contributed by atoms with van der Waals surface area (Å²) < 4.78 is 75.0. The van der Waals surface area contributed by atoms with Crippen molar-refractivity contribution in [3.8, 4) is 0 Å². The smallest absolute Gasteiger partial charge is 0 e. The molecule has 2 N–H and O–H groups in total. The Labute approximate surface area is 205 Å². The monoisotopic (exact) mass is 541 g/mol. The maximum Gasteiger partial charge on any atom is 0 e. The first kappa shape index (κ1) is 90.8.